The van der Waals surface area contributed by atoms with Crippen LogP contribution in [-0.4, -0.2) is 16.6 Å². The third-order valence-corrected chi connectivity index (χ3v) is 3.43. The molecule has 0 saturated heterocycles. The fourth-order valence-electron chi connectivity index (χ4n) is 1.59. The Kier molecular flexibility index (Phi) is 4.80. The van der Waals surface area contributed by atoms with Crippen molar-refractivity contribution >= 4 is 23.0 Å². The molecule has 0 aliphatic heterocycles. The highest BCUT2D eigenvalue weighted by Gasteiger charge is 2.07. The number of nitrogens with zero attached hydrogens (tertiary/aromatic N) is 2. The van der Waals surface area contributed by atoms with E-state index in [0.717, 1.165) is 23.4 Å². The number of hydrogen-bond acceptors (Lipinski definition) is 4. The van der Waals surface area contributed by atoms with Crippen molar-refractivity contribution in [2.75, 3.05) is 0 Å². The van der Waals surface area contributed by atoms with Crippen molar-refractivity contribution in [1.29, 1.82) is 0 Å². The molecule has 0 aliphatic rings. The van der Waals surface area contributed by atoms with E-state index >= 15 is 0 Å². The highest BCUT2D eigenvalue weighted by Crippen LogP contribution is 2.13. The van der Waals surface area contributed by atoms with Gasteiger partial charge < -0.3 is 0 Å². The number of thiophene rings is 1. The van der Waals surface area contributed by atoms with Gasteiger partial charge in [-0.05, 0) is 30.0 Å². The molecular weight excluding hydrogens is 258 g/mol. The van der Waals surface area contributed by atoms with Crippen LogP contribution in [0.2, 0.25) is 0 Å². The molecule has 98 valence electrons. The van der Waals surface area contributed by atoms with E-state index < -0.39 is 0 Å². The van der Waals surface area contributed by atoms with E-state index in [1.807, 2.05) is 17.5 Å². The molecule has 1 amide bonds. The van der Waals surface area contributed by atoms with Crippen LogP contribution in [0.3, 0.4) is 0 Å². The van der Waals surface area contributed by atoms with Crippen LogP contribution in [0.15, 0.2) is 47.1 Å². The van der Waals surface area contributed by atoms with Gasteiger partial charge in [0.15, 0.2) is 0 Å². The lowest BCUT2D eigenvalue weighted by Gasteiger charge is -2.04. The molecule has 0 atom stereocenters. The summed E-state index contributed by atoms with van der Waals surface area (Å²) in [7, 11) is 0. The zero-order valence-corrected chi connectivity index (χ0v) is 11.5. The van der Waals surface area contributed by atoms with Crippen LogP contribution in [-0.2, 0) is 0 Å². The SMILES string of the molecule is CCCC(=NNC(=O)c1cccnc1)c1cccs1. The molecule has 19 heavy (non-hydrogen) atoms. The summed E-state index contributed by atoms with van der Waals surface area (Å²) in [5, 5.41) is 6.24. The summed E-state index contributed by atoms with van der Waals surface area (Å²) < 4.78 is 0. The Balaban J connectivity index is 2.09. The van der Waals surface area contributed by atoms with Crippen LogP contribution in [0.1, 0.15) is 35.0 Å². The zero-order valence-electron chi connectivity index (χ0n) is 10.7. The summed E-state index contributed by atoms with van der Waals surface area (Å²) in [6.07, 6.45) is 4.98. The van der Waals surface area contributed by atoms with Crippen molar-refractivity contribution in [2.45, 2.75) is 19.8 Å². The summed E-state index contributed by atoms with van der Waals surface area (Å²) in [6, 6.07) is 7.43. The summed E-state index contributed by atoms with van der Waals surface area (Å²) in [5.74, 6) is -0.238. The lowest BCUT2D eigenvalue weighted by atomic mass is 10.2. The van der Waals surface area contributed by atoms with Crippen molar-refractivity contribution in [1.82, 2.24) is 10.4 Å². The van der Waals surface area contributed by atoms with Gasteiger partial charge in [0, 0.05) is 12.4 Å². The van der Waals surface area contributed by atoms with E-state index in [-0.39, 0.29) is 5.91 Å². The smallest absolute Gasteiger partial charge is 0.267 e. The molecule has 0 aromatic carbocycles. The lowest BCUT2D eigenvalue weighted by Crippen LogP contribution is -2.20. The Morgan fingerprint density at radius 2 is 2.32 bits per heavy atom. The molecule has 2 aromatic rings. The van der Waals surface area contributed by atoms with Gasteiger partial charge in [0.1, 0.15) is 0 Å². The molecule has 5 heteroatoms. The lowest BCUT2D eigenvalue weighted by molar-refractivity contribution is 0.0954. The number of aromatic nitrogens is 1. The number of nitrogens with one attached hydrogen (secondary N) is 1. The molecular formula is C14H15N3OS. The molecule has 0 spiro atoms. The van der Waals surface area contributed by atoms with Crippen LogP contribution in [0.25, 0.3) is 0 Å². The molecule has 0 radical (unpaired) electrons. The van der Waals surface area contributed by atoms with Crippen molar-refractivity contribution < 1.29 is 4.79 Å². The quantitative estimate of drug-likeness (QED) is 0.672. The van der Waals surface area contributed by atoms with Crippen LogP contribution >= 0.6 is 11.3 Å². The van der Waals surface area contributed by atoms with Gasteiger partial charge in [-0.15, -0.1) is 11.3 Å². The second kappa shape index (κ2) is 6.80. The van der Waals surface area contributed by atoms with Gasteiger partial charge in [-0.3, -0.25) is 9.78 Å². The minimum atomic E-state index is -0.238. The molecule has 0 saturated carbocycles. The van der Waals surface area contributed by atoms with Gasteiger partial charge in [-0.25, -0.2) is 5.43 Å². The Bertz CT molecular complexity index is 549. The average molecular weight is 273 g/mol. The maximum atomic E-state index is 11.9. The van der Waals surface area contributed by atoms with Gasteiger partial charge in [0.05, 0.1) is 16.2 Å². The van der Waals surface area contributed by atoms with Crippen LogP contribution in [0, 0.1) is 0 Å². The monoisotopic (exact) mass is 273 g/mol. The fraction of sp³-hybridized carbons (Fsp3) is 0.214. The molecule has 0 bridgehead atoms. The summed E-state index contributed by atoms with van der Waals surface area (Å²) in [6.45, 7) is 2.09. The summed E-state index contributed by atoms with van der Waals surface area (Å²) in [4.78, 5) is 16.9. The number of hydrogen-bond donors (Lipinski definition) is 1. The molecule has 0 fully saturated rings. The third-order valence-electron chi connectivity index (χ3n) is 2.51. The topological polar surface area (TPSA) is 54.4 Å². The molecule has 2 heterocycles. The summed E-state index contributed by atoms with van der Waals surface area (Å²) in [5.41, 5.74) is 4.01. The predicted molar refractivity (Wildman–Crippen MR) is 77.5 cm³/mol. The number of hydrazone groups is 1. The molecule has 4 nitrogen and oxygen atoms in total. The van der Waals surface area contributed by atoms with Crippen molar-refractivity contribution in [3.8, 4) is 0 Å². The standard InChI is InChI=1S/C14H15N3OS/c1-2-5-12(13-7-4-9-19-13)16-17-14(18)11-6-3-8-15-10-11/h3-4,6-10H,2,5H2,1H3,(H,17,18). The first-order valence-electron chi connectivity index (χ1n) is 6.12. The second-order valence-electron chi connectivity index (χ2n) is 3.97. The summed E-state index contributed by atoms with van der Waals surface area (Å²) >= 11 is 1.62. The van der Waals surface area contributed by atoms with Crippen molar-refractivity contribution in [3.05, 3.63) is 52.5 Å². The average Bonchev–Trinajstić information content (AvgIpc) is 2.98. The molecule has 0 unspecified atom stereocenters. The predicted octanol–water partition coefficient (Wildman–Crippen LogP) is 3.08. The number of rotatable bonds is 5. The maximum absolute atomic E-state index is 11.9. The largest absolute Gasteiger partial charge is 0.272 e. The first-order valence-corrected chi connectivity index (χ1v) is 7.00. The maximum Gasteiger partial charge on any atom is 0.272 e. The van der Waals surface area contributed by atoms with Crippen molar-refractivity contribution in [2.24, 2.45) is 5.10 Å². The first-order chi connectivity index (χ1) is 9.31. The normalized spacial score (nSPS) is 11.3. The number of carbonyl (C=O) groups is 1. The Hall–Kier alpha value is -2.01. The highest BCUT2D eigenvalue weighted by molar-refractivity contribution is 7.12. The number of carbonyl (C=O) groups excluding carboxylic acids is 1. The Morgan fingerprint density at radius 1 is 1.42 bits per heavy atom. The highest BCUT2D eigenvalue weighted by atomic mass is 32.1. The van der Waals surface area contributed by atoms with E-state index in [4.69, 9.17) is 0 Å². The minimum absolute atomic E-state index is 0.238. The van der Waals surface area contributed by atoms with E-state index in [2.05, 4.69) is 22.4 Å². The van der Waals surface area contributed by atoms with Crippen LogP contribution in [0.5, 0.6) is 0 Å². The van der Waals surface area contributed by atoms with E-state index in [9.17, 15) is 4.79 Å². The van der Waals surface area contributed by atoms with E-state index in [0.29, 0.717) is 5.56 Å². The van der Waals surface area contributed by atoms with E-state index in [1.54, 1.807) is 29.7 Å². The molecule has 1 N–H and O–H groups in total. The fourth-order valence-corrected chi connectivity index (χ4v) is 2.34. The Labute approximate surface area is 116 Å². The number of pyridine rings is 1. The minimum Gasteiger partial charge on any atom is -0.267 e. The van der Waals surface area contributed by atoms with Crippen LogP contribution in [0.4, 0.5) is 0 Å². The van der Waals surface area contributed by atoms with Gasteiger partial charge in [-0.1, -0.05) is 19.4 Å². The van der Waals surface area contributed by atoms with Gasteiger partial charge in [-0.2, -0.15) is 5.10 Å². The van der Waals surface area contributed by atoms with Gasteiger partial charge in [0.25, 0.3) is 5.91 Å². The van der Waals surface area contributed by atoms with Gasteiger partial charge >= 0.3 is 0 Å². The number of amides is 1. The van der Waals surface area contributed by atoms with Crippen LogP contribution < -0.4 is 5.43 Å². The van der Waals surface area contributed by atoms with Crippen molar-refractivity contribution in [3.63, 3.8) is 0 Å². The molecule has 0 aliphatic carbocycles. The third kappa shape index (κ3) is 3.72. The first kappa shape index (κ1) is 13.4. The zero-order chi connectivity index (χ0) is 13.5. The second-order valence-corrected chi connectivity index (χ2v) is 4.92. The van der Waals surface area contributed by atoms with E-state index in [1.165, 1.54) is 6.20 Å². The molecule has 2 aromatic heterocycles. The Morgan fingerprint density at radius 3 is 2.95 bits per heavy atom. The molecule has 2 rings (SSSR count). The van der Waals surface area contributed by atoms with Gasteiger partial charge in [0.2, 0.25) is 0 Å².